The van der Waals surface area contributed by atoms with Crippen molar-refractivity contribution in [1.82, 2.24) is 19.7 Å². The number of carbonyl (C=O) groups is 1. The Labute approximate surface area is 209 Å². The summed E-state index contributed by atoms with van der Waals surface area (Å²) in [5.74, 6) is 0.818. The molecular weight excluding hydrogens is 454 g/mol. The highest BCUT2D eigenvalue weighted by atomic mass is 16.5. The summed E-state index contributed by atoms with van der Waals surface area (Å²) in [4.78, 5) is 36.7. The molecule has 0 unspecified atom stereocenters. The van der Waals surface area contributed by atoms with E-state index in [1.54, 1.807) is 11.8 Å². The minimum Gasteiger partial charge on any atom is -0.339 e. The van der Waals surface area contributed by atoms with E-state index in [0.717, 1.165) is 53.5 Å². The molecule has 1 saturated carbocycles. The van der Waals surface area contributed by atoms with Crippen molar-refractivity contribution in [3.8, 4) is 11.4 Å². The number of rotatable bonds is 4. The van der Waals surface area contributed by atoms with E-state index < -0.39 is 0 Å². The molecule has 184 valence electrons. The van der Waals surface area contributed by atoms with Crippen molar-refractivity contribution in [3.63, 3.8) is 0 Å². The Kier molecular flexibility index (Phi) is 5.47. The van der Waals surface area contributed by atoms with E-state index >= 15 is 0 Å². The second kappa shape index (κ2) is 8.69. The molecule has 8 nitrogen and oxygen atoms in total. The first kappa shape index (κ1) is 22.6. The molecule has 1 atom stereocenters. The highest BCUT2D eigenvalue weighted by Crippen LogP contribution is 2.34. The molecule has 6 rings (SSSR count). The van der Waals surface area contributed by atoms with Crippen molar-refractivity contribution in [1.29, 1.82) is 0 Å². The molecule has 2 fully saturated rings. The normalized spacial score (nSPS) is 18.6. The Morgan fingerprint density at radius 2 is 1.75 bits per heavy atom. The molecule has 0 radical (unpaired) electrons. The number of anilines is 1. The molecule has 1 saturated heterocycles. The van der Waals surface area contributed by atoms with Gasteiger partial charge < -0.3 is 14.0 Å². The zero-order chi connectivity index (χ0) is 25.0. The minimum absolute atomic E-state index is 0.0109. The third kappa shape index (κ3) is 3.81. The molecule has 2 aliphatic rings. The summed E-state index contributed by atoms with van der Waals surface area (Å²) >= 11 is 0. The van der Waals surface area contributed by atoms with Gasteiger partial charge in [-0.25, -0.2) is 4.98 Å². The number of hydrogen-bond acceptors (Lipinski definition) is 6. The summed E-state index contributed by atoms with van der Waals surface area (Å²) in [6.45, 7) is 6.39. The summed E-state index contributed by atoms with van der Waals surface area (Å²) in [5.41, 5.74) is 6.10. The molecule has 0 spiro atoms. The van der Waals surface area contributed by atoms with E-state index in [4.69, 9.17) is 4.52 Å². The van der Waals surface area contributed by atoms with Crippen LogP contribution in [-0.4, -0.2) is 32.1 Å². The van der Waals surface area contributed by atoms with Gasteiger partial charge in [0.2, 0.25) is 17.6 Å². The first-order valence-electron chi connectivity index (χ1n) is 12.6. The number of carbonyl (C=O) groups excluding carboxylic acids is 1. The molecule has 3 heterocycles. The second-order valence-electron chi connectivity index (χ2n) is 10.1. The molecule has 1 amide bonds. The number of fused-ring (bicyclic) bond motifs is 1. The molecule has 2 aromatic heterocycles. The van der Waals surface area contributed by atoms with Crippen LogP contribution >= 0.6 is 0 Å². The van der Waals surface area contributed by atoms with Crippen LogP contribution in [-0.2, 0) is 4.79 Å². The van der Waals surface area contributed by atoms with Crippen molar-refractivity contribution < 1.29 is 9.32 Å². The number of aromatic nitrogens is 4. The maximum Gasteiger partial charge on any atom is 0.272 e. The van der Waals surface area contributed by atoms with Gasteiger partial charge in [0.05, 0.1) is 17.0 Å². The molecule has 2 aromatic carbocycles. The van der Waals surface area contributed by atoms with E-state index in [0.29, 0.717) is 30.4 Å². The van der Waals surface area contributed by atoms with Crippen molar-refractivity contribution in [2.45, 2.75) is 64.8 Å². The molecular formula is C28H29N5O3. The van der Waals surface area contributed by atoms with Gasteiger partial charge in [0.1, 0.15) is 5.69 Å². The lowest BCUT2D eigenvalue weighted by Gasteiger charge is -2.17. The van der Waals surface area contributed by atoms with Gasteiger partial charge in [-0.1, -0.05) is 24.1 Å². The van der Waals surface area contributed by atoms with Crippen LogP contribution < -0.4 is 10.5 Å². The van der Waals surface area contributed by atoms with Gasteiger partial charge in [-0.2, -0.15) is 4.98 Å². The van der Waals surface area contributed by atoms with Gasteiger partial charge in [-0.05, 0) is 75.1 Å². The Morgan fingerprint density at radius 1 is 0.944 bits per heavy atom. The van der Waals surface area contributed by atoms with Crippen LogP contribution in [0, 0.1) is 20.8 Å². The van der Waals surface area contributed by atoms with Crippen LogP contribution in [0.15, 0.2) is 45.7 Å². The third-order valence-corrected chi connectivity index (χ3v) is 7.72. The monoisotopic (exact) mass is 483 g/mol. The van der Waals surface area contributed by atoms with Gasteiger partial charge in [-0.15, -0.1) is 0 Å². The fourth-order valence-corrected chi connectivity index (χ4v) is 5.53. The number of hydrogen-bond donors (Lipinski definition) is 0. The quantitative estimate of drug-likeness (QED) is 0.405. The smallest absolute Gasteiger partial charge is 0.272 e. The summed E-state index contributed by atoms with van der Waals surface area (Å²) < 4.78 is 7.54. The van der Waals surface area contributed by atoms with Gasteiger partial charge in [0.15, 0.2) is 0 Å². The second-order valence-corrected chi connectivity index (χ2v) is 10.1. The fourth-order valence-electron chi connectivity index (χ4n) is 5.53. The predicted octanol–water partition coefficient (Wildman–Crippen LogP) is 5.01. The van der Waals surface area contributed by atoms with E-state index in [1.807, 2.05) is 47.9 Å². The Hall–Kier alpha value is -3.81. The van der Waals surface area contributed by atoms with E-state index in [2.05, 4.69) is 22.0 Å². The van der Waals surface area contributed by atoms with Crippen molar-refractivity contribution in [2.75, 3.05) is 11.4 Å². The van der Waals surface area contributed by atoms with E-state index in [9.17, 15) is 9.59 Å². The first-order valence-corrected chi connectivity index (χ1v) is 12.6. The van der Waals surface area contributed by atoms with Gasteiger partial charge in [0.25, 0.3) is 5.56 Å². The predicted molar refractivity (Wildman–Crippen MR) is 137 cm³/mol. The lowest BCUT2D eigenvalue weighted by atomic mass is 10.1. The minimum atomic E-state index is -0.159. The number of aryl methyl sites for hydroxylation is 3. The zero-order valence-electron chi connectivity index (χ0n) is 20.8. The third-order valence-electron chi connectivity index (χ3n) is 7.72. The van der Waals surface area contributed by atoms with E-state index in [1.165, 1.54) is 5.56 Å². The average molecular weight is 484 g/mol. The average Bonchev–Trinajstić information content (AvgIpc) is 3.63. The maximum atomic E-state index is 12.9. The Bertz CT molecular complexity index is 1550. The summed E-state index contributed by atoms with van der Waals surface area (Å²) in [6.07, 6.45) is 4.67. The standard InChI is InChI=1S/C28H29N5O3/c1-16-8-10-22(12-17(16)2)32-15-20(14-25(32)34)27-30-26(31-36-27)19-9-11-24-23(13-19)29-18(3)28(35)33(24)21-6-4-5-7-21/h8-13,20-21H,4-7,14-15H2,1-3H3/t20-/m1/s1. The van der Waals surface area contributed by atoms with Crippen LogP contribution in [0.4, 0.5) is 5.69 Å². The van der Waals surface area contributed by atoms with Crippen LogP contribution in [0.1, 0.15) is 66.8 Å². The highest BCUT2D eigenvalue weighted by molar-refractivity contribution is 5.96. The molecule has 8 heteroatoms. The van der Waals surface area contributed by atoms with Gasteiger partial charge in [0, 0.05) is 30.3 Å². The van der Waals surface area contributed by atoms with Crippen molar-refractivity contribution >= 4 is 22.6 Å². The SMILES string of the molecule is Cc1ccc(N2C[C@H](c3nc(-c4ccc5c(c4)nc(C)c(=O)n5C4CCCC4)no3)CC2=O)cc1C. The van der Waals surface area contributed by atoms with Crippen molar-refractivity contribution in [3.05, 3.63) is 69.5 Å². The van der Waals surface area contributed by atoms with Crippen LogP contribution in [0.5, 0.6) is 0 Å². The van der Waals surface area contributed by atoms with Gasteiger partial charge >= 0.3 is 0 Å². The summed E-state index contributed by atoms with van der Waals surface area (Å²) in [5, 5.41) is 4.21. The van der Waals surface area contributed by atoms with Gasteiger partial charge in [-0.3, -0.25) is 9.59 Å². The molecule has 36 heavy (non-hydrogen) atoms. The van der Waals surface area contributed by atoms with Crippen LogP contribution in [0.3, 0.4) is 0 Å². The molecule has 1 aliphatic carbocycles. The van der Waals surface area contributed by atoms with Crippen LogP contribution in [0.25, 0.3) is 22.4 Å². The molecule has 4 aromatic rings. The lowest BCUT2D eigenvalue weighted by Crippen LogP contribution is -2.26. The fraction of sp³-hybridized carbons (Fsp3) is 0.393. The molecule has 0 N–H and O–H groups in total. The number of amides is 1. The zero-order valence-corrected chi connectivity index (χ0v) is 20.8. The van der Waals surface area contributed by atoms with Crippen molar-refractivity contribution in [2.24, 2.45) is 0 Å². The number of benzene rings is 2. The lowest BCUT2D eigenvalue weighted by molar-refractivity contribution is -0.117. The Balaban J connectivity index is 1.29. The van der Waals surface area contributed by atoms with E-state index in [-0.39, 0.29) is 23.4 Å². The first-order chi connectivity index (χ1) is 17.4. The molecule has 0 bridgehead atoms. The summed E-state index contributed by atoms with van der Waals surface area (Å²) in [7, 11) is 0. The van der Waals surface area contributed by atoms with Crippen LogP contribution in [0.2, 0.25) is 0 Å². The number of nitrogens with zero attached hydrogens (tertiary/aromatic N) is 5. The topological polar surface area (TPSA) is 94.1 Å². The molecule has 1 aliphatic heterocycles. The summed E-state index contributed by atoms with van der Waals surface area (Å²) in [6, 6.07) is 12.1. The Morgan fingerprint density at radius 3 is 2.53 bits per heavy atom. The highest BCUT2D eigenvalue weighted by Gasteiger charge is 2.35. The largest absolute Gasteiger partial charge is 0.339 e. The maximum absolute atomic E-state index is 12.9.